The van der Waals surface area contributed by atoms with Crippen molar-refractivity contribution in [3.63, 3.8) is 0 Å². The van der Waals surface area contributed by atoms with E-state index in [1.807, 2.05) is 0 Å². The normalized spacial score (nSPS) is 24.3. The van der Waals surface area contributed by atoms with E-state index in [9.17, 15) is 5.11 Å². The van der Waals surface area contributed by atoms with Gasteiger partial charge in [0, 0.05) is 6.61 Å². The first kappa shape index (κ1) is 13.0. The van der Waals surface area contributed by atoms with Crippen molar-refractivity contribution in [2.45, 2.75) is 63.9 Å². The summed E-state index contributed by atoms with van der Waals surface area (Å²) in [7, 11) is 0. The molecule has 1 spiro atoms. The van der Waals surface area contributed by atoms with Gasteiger partial charge in [-0.05, 0) is 69.4 Å². The molecule has 104 valence electrons. The molecule has 0 bridgehead atoms. The molecule has 19 heavy (non-hydrogen) atoms. The minimum atomic E-state index is 0.0624. The first-order chi connectivity index (χ1) is 9.13. The lowest BCUT2D eigenvalue weighted by molar-refractivity contribution is 0.0373. The topological polar surface area (TPSA) is 29.5 Å². The molecule has 0 amide bonds. The number of fused-ring (bicyclic) bond motifs is 1. The number of aliphatic hydroxyl groups is 1. The van der Waals surface area contributed by atoms with Crippen LogP contribution < -0.4 is 4.74 Å². The zero-order chi connectivity index (χ0) is 13.5. The molecule has 2 nitrogen and oxygen atoms in total. The van der Waals surface area contributed by atoms with Crippen LogP contribution in [0.5, 0.6) is 5.75 Å². The predicted molar refractivity (Wildman–Crippen MR) is 76.8 cm³/mol. The largest absolute Gasteiger partial charge is 0.487 e. The van der Waals surface area contributed by atoms with Crippen LogP contribution in [0.1, 0.15) is 61.1 Å². The van der Waals surface area contributed by atoms with Crippen LogP contribution in [0.25, 0.3) is 0 Å². The first-order valence-corrected chi connectivity index (χ1v) is 7.55. The number of hydrogen-bond acceptors (Lipinski definition) is 2. The second-order valence-corrected chi connectivity index (χ2v) is 6.41. The van der Waals surface area contributed by atoms with Crippen molar-refractivity contribution in [2.75, 3.05) is 6.61 Å². The Balaban J connectivity index is 2.03. The highest BCUT2D eigenvalue weighted by atomic mass is 16.5. The number of aryl methyl sites for hydroxylation is 2. The number of ether oxygens (including phenoxy) is 1. The van der Waals surface area contributed by atoms with E-state index in [4.69, 9.17) is 4.74 Å². The number of rotatable bonds is 2. The molecule has 0 saturated heterocycles. The van der Waals surface area contributed by atoms with Crippen molar-refractivity contribution in [3.05, 3.63) is 28.8 Å². The van der Waals surface area contributed by atoms with E-state index in [-0.39, 0.29) is 12.2 Å². The lowest BCUT2D eigenvalue weighted by Crippen LogP contribution is -2.39. The summed E-state index contributed by atoms with van der Waals surface area (Å²) in [5.41, 5.74) is 3.94. The Labute approximate surface area is 115 Å². The van der Waals surface area contributed by atoms with Gasteiger partial charge in [0.15, 0.2) is 0 Å². The third kappa shape index (κ3) is 2.27. The van der Waals surface area contributed by atoms with E-state index in [0.29, 0.717) is 5.92 Å². The summed E-state index contributed by atoms with van der Waals surface area (Å²) in [6.45, 7) is 4.56. The van der Waals surface area contributed by atoms with Crippen LogP contribution in [0.3, 0.4) is 0 Å². The molecule has 1 aromatic carbocycles. The van der Waals surface area contributed by atoms with Gasteiger partial charge in [0.1, 0.15) is 11.4 Å². The van der Waals surface area contributed by atoms with Gasteiger partial charge in [-0.2, -0.15) is 0 Å². The van der Waals surface area contributed by atoms with Crippen LogP contribution >= 0.6 is 0 Å². The van der Waals surface area contributed by atoms with Gasteiger partial charge in [-0.15, -0.1) is 0 Å². The van der Waals surface area contributed by atoms with E-state index in [2.05, 4.69) is 26.0 Å². The lowest BCUT2D eigenvalue weighted by atomic mass is 9.79. The van der Waals surface area contributed by atoms with E-state index in [0.717, 1.165) is 18.6 Å². The molecule has 1 unspecified atom stereocenters. The summed E-state index contributed by atoms with van der Waals surface area (Å²) in [5, 5.41) is 9.37. The zero-order valence-electron chi connectivity index (χ0n) is 12.0. The summed E-state index contributed by atoms with van der Waals surface area (Å²) in [5.74, 6) is 1.57. The maximum absolute atomic E-state index is 9.37. The smallest absolute Gasteiger partial charge is 0.126 e. The van der Waals surface area contributed by atoms with E-state index < -0.39 is 0 Å². The molecule has 1 fully saturated rings. The standard InChI is InChI=1S/C17H24O2/c1-12-9-13(2)16-15(10-12)14(5-8-18)11-17(19-16)6-3-4-7-17/h9-10,14,18H,3-8,11H2,1-2H3. The van der Waals surface area contributed by atoms with E-state index in [1.165, 1.54) is 42.4 Å². The molecular formula is C17H24O2. The molecule has 1 aliphatic heterocycles. The maximum atomic E-state index is 9.37. The third-order valence-corrected chi connectivity index (χ3v) is 4.82. The highest BCUT2D eigenvalue weighted by molar-refractivity contribution is 5.48. The summed E-state index contributed by atoms with van der Waals surface area (Å²) >= 11 is 0. The minimum Gasteiger partial charge on any atom is -0.487 e. The van der Waals surface area contributed by atoms with Gasteiger partial charge in [0.25, 0.3) is 0 Å². The Hall–Kier alpha value is -1.02. The van der Waals surface area contributed by atoms with Crippen LogP contribution in [-0.4, -0.2) is 17.3 Å². The second-order valence-electron chi connectivity index (χ2n) is 6.41. The van der Waals surface area contributed by atoms with Gasteiger partial charge in [-0.3, -0.25) is 0 Å². The summed E-state index contributed by atoms with van der Waals surface area (Å²) in [4.78, 5) is 0. The Bertz CT molecular complexity index is 472. The van der Waals surface area contributed by atoms with Gasteiger partial charge in [-0.25, -0.2) is 0 Å². The second kappa shape index (κ2) is 4.82. The highest BCUT2D eigenvalue weighted by Gasteiger charge is 2.43. The first-order valence-electron chi connectivity index (χ1n) is 7.55. The molecule has 2 heteroatoms. The fourth-order valence-electron chi connectivity index (χ4n) is 3.99. The maximum Gasteiger partial charge on any atom is 0.126 e. The Kier molecular flexibility index (Phi) is 3.30. The van der Waals surface area contributed by atoms with Crippen molar-refractivity contribution in [2.24, 2.45) is 0 Å². The monoisotopic (exact) mass is 260 g/mol. The predicted octanol–water partition coefficient (Wildman–Crippen LogP) is 3.86. The molecule has 1 atom stereocenters. The van der Waals surface area contributed by atoms with Gasteiger partial charge in [0.05, 0.1) is 0 Å². The Morgan fingerprint density at radius 2 is 2.00 bits per heavy atom. The summed E-state index contributed by atoms with van der Waals surface area (Å²) < 4.78 is 6.46. The molecule has 1 saturated carbocycles. The SMILES string of the molecule is Cc1cc(C)c2c(c1)C(CCO)CC1(CCCC1)O2. The third-order valence-electron chi connectivity index (χ3n) is 4.82. The van der Waals surface area contributed by atoms with Crippen molar-refractivity contribution in [1.82, 2.24) is 0 Å². The van der Waals surface area contributed by atoms with Crippen LogP contribution in [0, 0.1) is 13.8 Å². The number of benzene rings is 1. The fourth-order valence-corrected chi connectivity index (χ4v) is 3.99. The van der Waals surface area contributed by atoms with Gasteiger partial charge in [0.2, 0.25) is 0 Å². The molecule has 2 aliphatic rings. The van der Waals surface area contributed by atoms with Crippen molar-refractivity contribution in [3.8, 4) is 5.75 Å². The summed E-state index contributed by atoms with van der Waals surface area (Å²) in [6.07, 6.45) is 6.88. The van der Waals surface area contributed by atoms with Crippen molar-refractivity contribution in [1.29, 1.82) is 0 Å². The zero-order valence-corrected chi connectivity index (χ0v) is 12.0. The van der Waals surface area contributed by atoms with Gasteiger partial charge in [-0.1, -0.05) is 17.7 Å². The Morgan fingerprint density at radius 1 is 1.26 bits per heavy atom. The molecule has 1 aliphatic carbocycles. The molecule has 1 N–H and O–H groups in total. The average molecular weight is 260 g/mol. The van der Waals surface area contributed by atoms with Gasteiger partial charge < -0.3 is 9.84 Å². The number of hydrogen-bond donors (Lipinski definition) is 1. The van der Waals surface area contributed by atoms with Crippen molar-refractivity contribution < 1.29 is 9.84 Å². The van der Waals surface area contributed by atoms with E-state index >= 15 is 0 Å². The molecule has 0 aromatic heterocycles. The van der Waals surface area contributed by atoms with Crippen LogP contribution in [-0.2, 0) is 0 Å². The lowest BCUT2D eigenvalue weighted by Gasteiger charge is -2.41. The Morgan fingerprint density at radius 3 is 2.68 bits per heavy atom. The van der Waals surface area contributed by atoms with Crippen LogP contribution in [0.15, 0.2) is 12.1 Å². The van der Waals surface area contributed by atoms with Crippen molar-refractivity contribution >= 4 is 0 Å². The quantitative estimate of drug-likeness (QED) is 0.874. The van der Waals surface area contributed by atoms with Crippen LogP contribution in [0.4, 0.5) is 0 Å². The molecule has 1 aromatic rings. The molecule has 3 rings (SSSR count). The average Bonchev–Trinajstić information content (AvgIpc) is 2.80. The van der Waals surface area contributed by atoms with E-state index in [1.54, 1.807) is 0 Å². The molecule has 1 heterocycles. The highest BCUT2D eigenvalue weighted by Crippen LogP contribution is 2.50. The minimum absolute atomic E-state index is 0.0624. The van der Waals surface area contributed by atoms with Crippen LogP contribution in [0.2, 0.25) is 0 Å². The van der Waals surface area contributed by atoms with Gasteiger partial charge >= 0.3 is 0 Å². The molecule has 0 radical (unpaired) electrons. The fraction of sp³-hybridized carbons (Fsp3) is 0.647. The summed E-state index contributed by atoms with van der Waals surface area (Å²) in [6, 6.07) is 4.47. The molecular weight excluding hydrogens is 236 g/mol. The number of aliphatic hydroxyl groups excluding tert-OH is 1.